The Morgan fingerprint density at radius 2 is 2.44 bits per heavy atom. The summed E-state index contributed by atoms with van der Waals surface area (Å²) in [5.74, 6) is 0.513. The normalized spacial score (nSPS) is 19.2. The lowest BCUT2D eigenvalue weighted by molar-refractivity contribution is -0.116. The third-order valence-electron chi connectivity index (χ3n) is 2.41. The van der Waals surface area contributed by atoms with Gasteiger partial charge in [0.25, 0.3) is 0 Å². The second-order valence-electron chi connectivity index (χ2n) is 3.74. The van der Waals surface area contributed by atoms with E-state index in [1.165, 1.54) is 11.3 Å². The van der Waals surface area contributed by atoms with Gasteiger partial charge in [-0.1, -0.05) is 11.3 Å². The van der Waals surface area contributed by atoms with Crippen LogP contribution in [0.15, 0.2) is 0 Å². The number of carbonyl (C=O) groups is 1. The van der Waals surface area contributed by atoms with E-state index in [4.69, 9.17) is 0 Å². The molecule has 1 aliphatic heterocycles. The van der Waals surface area contributed by atoms with Crippen LogP contribution in [-0.2, 0) is 4.79 Å². The maximum atomic E-state index is 11.6. The van der Waals surface area contributed by atoms with Gasteiger partial charge < -0.3 is 10.6 Å². The van der Waals surface area contributed by atoms with Gasteiger partial charge in [-0.15, -0.1) is 22.6 Å². The fourth-order valence-corrected chi connectivity index (χ4v) is 2.28. The van der Waals surface area contributed by atoms with Crippen LogP contribution in [0, 0.1) is 12.8 Å². The molecule has 1 fully saturated rings. The minimum absolute atomic E-state index is 0. The fraction of sp³-hybridized carbons (Fsp3) is 0.667. The van der Waals surface area contributed by atoms with Crippen molar-refractivity contribution in [2.24, 2.45) is 5.92 Å². The molecule has 2 heterocycles. The molecule has 1 amide bonds. The van der Waals surface area contributed by atoms with Gasteiger partial charge >= 0.3 is 0 Å². The molecule has 1 aromatic heterocycles. The number of nitrogens with zero attached hydrogens (tertiary/aromatic N) is 2. The first-order valence-corrected chi connectivity index (χ1v) is 5.86. The highest BCUT2D eigenvalue weighted by molar-refractivity contribution is 7.15. The molecule has 0 radical (unpaired) electrons. The van der Waals surface area contributed by atoms with Gasteiger partial charge in [0.2, 0.25) is 11.0 Å². The Bertz CT molecular complexity index is 351. The van der Waals surface area contributed by atoms with Crippen molar-refractivity contribution in [2.75, 3.05) is 18.4 Å². The Hall–Kier alpha value is -0.720. The molecular weight excluding hydrogens is 248 g/mol. The van der Waals surface area contributed by atoms with Crippen LogP contribution in [0.25, 0.3) is 0 Å². The molecule has 0 saturated carbocycles. The molecule has 90 valence electrons. The van der Waals surface area contributed by atoms with Gasteiger partial charge in [-0.25, -0.2) is 0 Å². The molecule has 0 aromatic carbocycles. The third-order valence-corrected chi connectivity index (χ3v) is 3.16. The lowest BCUT2D eigenvalue weighted by atomic mass is 10.1. The number of nitrogens with one attached hydrogen (secondary N) is 2. The van der Waals surface area contributed by atoms with Gasteiger partial charge in [0.15, 0.2) is 0 Å². The number of amides is 1. The second-order valence-corrected chi connectivity index (χ2v) is 4.92. The first-order valence-electron chi connectivity index (χ1n) is 5.04. The molecule has 0 aliphatic carbocycles. The summed E-state index contributed by atoms with van der Waals surface area (Å²) < 4.78 is 0. The minimum Gasteiger partial charge on any atom is -0.316 e. The molecule has 2 N–H and O–H groups in total. The van der Waals surface area contributed by atoms with Gasteiger partial charge in [-0.2, -0.15) is 0 Å². The van der Waals surface area contributed by atoms with Crippen LogP contribution < -0.4 is 10.6 Å². The zero-order chi connectivity index (χ0) is 10.7. The molecule has 16 heavy (non-hydrogen) atoms. The molecule has 2 rings (SSSR count). The Morgan fingerprint density at radius 3 is 3.00 bits per heavy atom. The minimum atomic E-state index is 0. The van der Waals surface area contributed by atoms with Gasteiger partial charge in [-0.3, -0.25) is 4.79 Å². The number of aromatic nitrogens is 2. The molecule has 1 aromatic rings. The Kier molecular flexibility index (Phi) is 5.11. The summed E-state index contributed by atoms with van der Waals surface area (Å²) in [4.78, 5) is 11.6. The van der Waals surface area contributed by atoms with Crippen molar-refractivity contribution in [3.63, 3.8) is 0 Å². The Morgan fingerprint density at radius 1 is 1.62 bits per heavy atom. The number of anilines is 1. The highest BCUT2D eigenvalue weighted by atomic mass is 35.5. The van der Waals surface area contributed by atoms with E-state index in [9.17, 15) is 4.79 Å². The number of hydrogen-bond acceptors (Lipinski definition) is 5. The summed E-state index contributed by atoms with van der Waals surface area (Å²) in [7, 11) is 0. The summed E-state index contributed by atoms with van der Waals surface area (Å²) in [6, 6.07) is 0. The fourth-order valence-electron chi connectivity index (χ4n) is 1.67. The number of rotatable bonds is 3. The maximum absolute atomic E-state index is 11.6. The first-order chi connectivity index (χ1) is 7.24. The lowest BCUT2D eigenvalue weighted by Gasteiger charge is -2.06. The van der Waals surface area contributed by atoms with Crippen LogP contribution in [0.2, 0.25) is 0 Å². The van der Waals surface area contributed by atoms with E-state index in [1.807, 2.05) is 6.92 Å². The molecule has 5 nitrogen and oxygen atoms in total. The molecule has 1 aliphatic rings. The predicted octanol–water partition coefficient (Wildman–Crippen LogP) is 1.21. The van der Waals surface area contributed by atoms with Gasteiger partial charge in [-0.05, 0) is 32.4 Å². The maximum Gasteiger partial charge on any atom is 0.226 e. The van der Waals surface area contributed by atoms with Crippen molar-refractivity contribution in [1.82, 2.24) is 15.5 Å². The van der Waals surface area contributed by atoms with Crippen molar-refractivity contribution < 1.29 is 4.79 Å². The summed E-state index contributed by atoms with van der Waals surface area (Å²) in [5, 5.41) is 15.2. The van der Waals surface area contributed by atoms with Crippen LogP contribution >= 0.6 is 23.7 Å². The van der Waals surface area contributed by atoms with Crippen molar-refractivity contribution in [3.8, 4) is 0 Å². The monoisotopic (exact) mass is 262 g/mol. The van der Waals surface area contributed by atoms with Crippen molar-refractivity contribution in [1.29, 1.82) is 0 Å². The summed E-state index contributed by atoms with van der Waals surface area (Å²) in [6.45, 7) is 3.84. The van der Waals surface area contributed by atoms with E-state index in [1.54, 1.807) is 0 Å². The molecule has 1 saturated heterocycles. The van der Waals surface area contributed by atoms with Crippen LogP contribution in [0.3, 0.4) is 0 Å². The molecule has 1 unspecified atom stereocenters. The van der Waals surface area contributed by atoms with E-state index in [2.05, 4.69) is 20.8 Å². The average Bonchev–Trinajstić information content (AvgIpc) is 2.77. The van der Waals surface area contributed by atoms with Crippen molar-refractivity contribution in [3.05, 3.63) is 5.01 Å². The highest BCUT2D eigenvalue weighted by Crippen LogP contribution is 2.16. The van der Waals surface area contributed by atoms with Gasteiger partial charge in [0, 0.05) is 6.42 Å². The third kappa shape index (κ3) is 3.70. The lowest BCUT2D eigenvalue weighted by Crippen LogP contribution is -2.18. The first kappa shape index (κ1) is 13.3. The molecule has 7 heteroatoms. The van der Waals surface area contributed by atoms with Crippen molar-refractivity contribution in [2.45, 2.75) is 19.8 Å². The summed E-state index contributed by atoms with van der Waals surface area (Å²) >= 11 is 1.40. The number of halogens is 1. The molecule has 0 spiro atoms. The summed E-state index contributed by atoms with van der Waals surface area (Å²) in [6.07, 6.45) is 1.66. The Labute approximate surface area is 104 Å². The number of carbonyl (C=O) groups excluding carboxylic acids is 1. The van der Waals surface area contributed by atoms with Crippen LogP contribution in [0.4, 0.5) is 5.13 Å². The summed E-state index contributed by atoms with van der Waals surface area (Å²) in [5.41, 5.74) is 0. The van der Waals surface area contributed by atoms with Crippen molar-refractivity contribution >= 4 is 34.8 Å². The van der Waals surface area contributed by atoms with Gasteiger partial charge in [0.1, 0.15) is 5.01 Å². The standard InChI is InChI=1S/C9H14N4OS.ClH/c1-6-12-13-9(15-6)11-8(14)4-7-2-3-10-5-7;/h7,10H,2-5H2,1H3,(H,11,13,14);1H. The highest BCUT2D eigenvalue weighted by Gasteiger charge is 2.18. The molecule has 0 bridgehead atoms. The molecule has 1 atom stereocenters. The van der Waals surface area contributed by atoms with Crippen LogP contribution in [-0.4, -0.2) is 29.2 Å². The van der Waals surface area contributed by atoms with Gasteiger partial charge in [0.05, 0.1) is 0 Å². The SMILES string of the molecule is Cc1nnc(NC(=O)CC2CCNC2)s1.Cl. The number of hydrogen-bond donors (Lipinski definition) is 2. The van der Waals surface area contributed by atoms with Crippen LogP contribution in [0.5, 0.6) is 0 Å². The predicted molar refractivity (Wildman–Crippen MR) is 66.1 cm³/mol. The quantitative estimate of drug-likeness (QED) is 0.859. The zero-order valence-electron chi connectivity index (χ0n) is 9.02. The van der Waals surface area contributed by atoms with E-state index in [0.29, 0.717) is 17.5 Å². The van der Waals surface area contributed by atoms with E-state index < -0.39 is 0 Å². The van der Waals surface area contributed by atoms with E-state index in [0.717, 1.165) is 24.5 Å². The van der Waals surface area contributed by atoms with E-state index >= 15 is 0 Å². The largest absolute Gasteiger partial charge is 0.316 e. The molecular formula is C9H15ClN4OS. The van der Waals surface area contributed by atoms with E-state index in [-0.39, 0.29) is 18.3 Å². The smallest absolute Gasteiger partial charge is 0.226 e. The zero-order valence-corrected chi connectivity index (χ0v) is 10.7. The number of aryl methyl sites for hydroxylation is 1. The topological polar surface area (TPSA) is 66.9 Å². The average molecular weight is 263 g/mol. The Balaban J connectivity index is 0.00000128. The second kappa shape index (κ2) is 6.12. The van der Waals surface area contributed by atoms with Crippen LogP contribution in [0.1, 0.15) is 17.8 Å².